The molecule has 1 heterocycles. The lowest BCUT2D eigenvalue weighted by Gasteiger charge is -2.62. The Morgan fingerprint density at radius 3 is 2.68 bits per heavy atom. The molecule has 1 saturated heterocycles. The van der Waals surface area contributed by atoms with Gasteiger partial charge in [0.25, 0.3) is 0 Å². The van der Waals surface area contributed by atoms with Crippen molar-refractivity contribution in [2.75, 3.05) is 5.88 Å². The summed E-state index contributed by atoms with van der Waals surface area (Å²) in [5.41, 5.74) is -4.39. The van der Waals surface area contributed by atoms with Crippen LogP contribution in [0.4, 0.5) is 4.39 Å². The summed E-state index contributed by atoms with van der Waals surface area (Å²) in [5.74, 6) is -2.32. The van der Waals surface area contributed by atoms with Gasteiger partial charge in [-0.25, -0.2) is 4.39 Å². The summed E-state index contributed by atoms with van der Waals surface area (Å²) in [6, 6.07) is 0. The molecule has 170 valence electrons. The smallest absolute Gasteiger partial charge is 0.182 e. The van der Waals surface area contributed by atoms with Crippen LogP contribution in [-0.2, 0) is 19.1 Å². The number of aliphatic hydroxyl groups is 1. The first-order valence-electron chi connectivity index (χ1n) is 11.1. The highest BCUT2D eigenvalue weighted by Gasteiger charge is 2.79. The Hall–Kier alpha value is -1.08. The summed E-state index contributed by atoms with van der Waals surface area (Å²) in [6.07, 6.45) is 4.32. The average molecular weight is 453 g/mol. The lowest BCUT2D eigenvalue weighted by molar-refractivity contribution is -0.245. The minimum atomic E-state index is -1.95. The number of hydrogen-bond donors (Lipinski definition) is 1. The lowest BCUT2D eigenvalue weighted by atomic mass is 9.44. The van der Waals surface area contributed by atoms with Gasteiger partial charge < -0.3 is 14.6 Å². The molecule has 8 atom stereocenters. The predicted octanol–water partition coefficient (Wildman–Crippen LogP) is 3.67. The number of ether oxygens (including phenoxy) is 2. The highest BCUT2D eigenvalue weighted by molar-refractivity contribution is 6.29. The van der Waals surface area contributed by atoms with Crippen LogP contribution < -0.4 is 0 Å². The van der Waals surface area contributed by atoms with Crippen LogP contribution in [0, 0.1) is 22.7 Å². The van der Waals surface area contributed by atoms with Crippen molar-refractivity contribution in [3.63, 3.8) is 0 Å². The van der Waals surface area contributed by atoms with E-state index in [4.69, 9.17) is 21.1 Å². The van der Waals surface area contributed by atoms with E-state index in [0.29, 0.717) is 19.3 Å². The maximum Gasteiger partial charge on any atom is 0.182 e. The van der Waals surface area contributed by atoms with E-state index >= 15 is 4.39 Å². The molecule has 1 N–H and O–H groups in total. The third kappa shape index (κ3) is 2.38. The predicted molar refractivity (Wildman–Crippen MR) is 112 cm³/mol. The molecule has 4 fully saturated rings. The Morgan fingerprint density at radius 1 is 1.29 bits per heavy atom. The normalized spacial score (nSPS) is 52.1. The quantitative estimate of drug-likeness (QED) is 0.647. The number of Topliss-reactive ketones (excluding diaryl/α,β-unsaturated/α-hetero) is 1. The van der Waals surface area contributed by atoms with Gasteiger partial charge in [0.1, 0.15) is 0 Å². The molecule has 1 aliphatic heterocycles. The minimum absolute atomic E-state index is 0.0634. The Kier molecular flexibility index (Phi) is 4.41. The van der Waals surface area contributed by atoms with Gasteiger partial charge in [0.2, 0.25) is 0 Å². The van der Waals surface area contributed by atoms with Crippen molar-refractivity contribution in [2.24, 2.45) is 22.7 Å². The van der Waals surface area contributed by atoms with E-state index in [9.17, 15) is 14.7 Å². The Bertz CT molecular complexity index is 929. The molecule has 5 rings (SSSR count). The fourth-order valence-corrected chi connectivity index (χ4v) is 8.11. The number of carbonyl (C=O) groups is 2. The second kappa shape index (κ2) is 6.28. The molecule has 0 radical (unpaired) electrons. The Labute approximate surface area is 187 Å². The summed E-state index contributed by atoms with van der Waals surface area (Å²) in [7, 11) is 0. The molecule has 2 unspecified atom stereocenters. The van der Waals surface area contributed by atoms with Gasteiger partial charge in [0.15, 0.2) is 28.6 Å². The largest absolute Gasteiger partial charge is 0.390 e. The maximum atomic E-state index is 17.2. The summed E-state index contributed by atoms with van der Waals surface area (Å²) >= 11 is 6.04. The number of carbonyl (C=O) groups excluding carboxylic acids is 2. The Morgan fingerprint density at radius 2 is 2.00 bits per heavy atom. The molecular weight excluding hydrogens is 423 g/mol. The van der Waals surface area contributed by atoms with Gasteiger partial charge in [-0.2, -0.15) is 0 Å². The van der Waals surface area contributed by atoms with E-state index in [0.717, 1.165) is 5.57 Å². The number of rotatable bonds is 2. The van der Waals surface area contributed by atoms with Crippen LogP contribution >= 0.6 is 11.6 Å². The maximum absolute atomic E-state index is 17.2. The van der Waals surface area contributed by atoms with Gasteiger partial charge in [-0.1, -0.05) is 18.6 Å². The van der Waals surface area contributed by atoms with Crippen molar-refractivity contribution < 1.29 is 28.6 Å². The van der Waals surface area contributed by atoms with Crippen molar-refractivity contribution in [2.45, 2.75) is 82.6 Å². The third-order valence-electron chi connectivity index (χ3n) is 9.17. The van der Waals surface area contributed by atoms with Crippen molar-refractivity contribution in [1.82, 2.24) is 0 Å². The van der Waals surface area contributed by atoms with Crippen molar-refractivity contribution in [3.05, 3.63) is 23.8 Å². The van der Waals surface area contributed by atoms with Crippen LogP contribution in [0.15, 0.2) is 23.8 Å². The van der Waals surface area contributed by atoms with Gasteiger partial charge in [0.05, 0.1) is 18.1 Å². The zero-order chi connectivity index (χ0) is 22.6. The van der Waals surface area contributed by atoms with E-state index < -0.39 is 46.0 Å². The lowest BCUT2D eigenvalue weighted by Crippen LogP contribution is -2.69. The fourth-order valence-electron chi connectivity index (χ4n) is 7.91. The van der Waals surface area contributed by atoms with Crippen LogP contribution in [0.25, 0.3) is 0 Å². The van der Waals surface area contributed by atoms with Gasteiger partial charge in [-0.3, -0.25) is 9.59 Å². The number of alkyl halides is 2. The highest BCUT2D eigenvalue weighted by atomic mass is 35.5. The van der Waals surface area contributed by atoms with Crippen molar-refractivity contribution >= 4 is 23.2 Å². The second-order valence-corrected chi connectivity index (χ2v) is 11.2. The van der Waals surface area contributed by atoms with Gasteiger partial charge >= 0.3 is 0 Å². The number of halogens is 2. The summed E-state index contributed by atoms with van der Waals surface area (Å²) in [6.45, 7) is 7.26. The first kappa shape index (κ1) is 21.7. The van der Waals surface area contributed by atoms with Crippen LogP contribution in [0.2, 0.25) is 0 Å². The number of aliphatic hydroxyl groups excluding tert-OH is 1. The molecule has 5 aliphatic rings. The standard InChI is InChI=1S/C24H30ClFO5/c1-20(2)30-19-10-16-15-6-5-13-9-14(27)7-8-21(13,3)23(15,26)17(28)11-22(16,4)24(19,31-20)18(29)12-25/h7-9,15-17,19,28H,5-6,10-12H2,1-4H3/t15?,16?,17-,19+,21-,22-,23-,24+/m0/s1. The number of fused-ring (bicyclic) bond motifs is 7. The zero-order valence-electron chi connectivity index (χ0n) is 18.4. The van der Waals surface area contributed by atoms with E-state index in [-0.39, 0.29) is 29.8 Å². The molecule has 0 aromatic rings. The molecule has 0 bridgehead atoms. The molecular formula is C24H30ClFO5. The molecule has 31 heavy (non-hydrogen) atoms. The first-order valence-corrected chi connectivity index (χ1v) is 11.7. The number of ketones is 2. The van der Waals surface area contributed by atoms with Gasteiger partial charge in [0, 0.05) is 16.7 Å². The highest BCUT2D eigenvalue weighted by Crippen LogP contribution is 2.72. The van der Waals surface area contributed by atoms with E-state index in [1.807, 2.05) is 6.92 Å². The topological polar surface area (TPSA) is 72.8 Å². The van der Waals surface area contributed by atoms with Crippen LogP contribution in [0.5, 0.6) is 0 Å². The second-order valence-electron chi connectivity index (χ2n) is 10.9. The van der Waals surface area contributed by atoms with Crippen LogP contribution in [0.1, 0.15) is 53.4 Å². The monoisotopic (exact) mass is 452 g/mol. The fraction of sp³-hybridized carbons (Fsp3) is 0.750. The van der Waals surface area contributed by atoms with Gasteiger partial charge in [-0.15, -0.1) is 11.6 Å². The molecule has 0 aromatic heterocycles. The van der Waals surface area contributed by atoms with Crippen LogP contribution in [-0.4, -0.2) is 51.8 Å². The molecule has 0 aromatic carbocycles. The molecule has 4 aliphatic carbocycles. The average Bonchev–Trinajstić information content (AvgIpc) is 3.09. The number of hydrogen-bond acceptors (Lipinski definition) is 5. The first-order chi connectivity index (χ1) is 14.4. The van der Waals surface area contributed by atoms with E-state index in [1.54, 1.807) is 26.8 Å². The molecule has 7 heteroatoms. The summed E-state index contributed by atoms with van der Waals surface area (Å²) in [4.78, 5) is 25.2. The SMILES string of the molecule is CC1(C)O[C@@H]2CC3C4CCC5=CC(=O)C=C[C@]5(C)[C@@]4(F)[C@@H](O)C[C@]3(C)[C@]2(C(=O)CCl)O1. The molecule has 0 spiro atoms. The summed E-state index contributed by atoms with van der Waals surface area (Å²) < 4.78 is 29.7. The van der Waals surface area contributed by atoms with Crippen LogP contribution in [0.3, 0.4) is 0 Å². The number of allylic oxidation sites excluding steroid dienone is 4. The van der Waals surface area contributed by atoms with Crippen molar-refractivity contribution in [3.8, 4) is 0 Å². The van der Waals surface area contributed by atoms with E-state index in [1.165, 1.54) is 12.2 Å². The van der Waals surface area contributed by atoms with Gasteiger partial charge in [-0.05, 0) is 64.5 Å². The third-order valence-corrected chi connectivity index (χ3v) is 9.41. The molecule has 3 saturated carbocycles. The van der Waals surface area contributed by atoms with Crippen molar-refractivity contribution in [1.29, 1.82) is 0 Å². The Balaban J connectivity index is 1.64. The molecule has 5 nitrogen and oxygen atoms in total. The zero-order valence-corrected chi connectivity index (χ0v) is 19.2. The summed E-state index contributed by atoms with van der Waals surface area (Å²) in [5, 5.41) is 11.4. The molecule has 0 amide bonds. The van der Waals surface area contributed by atoms with E-state index in [2.05, 4.69) is 0 Å². The minimum Gasteiger partial charge on any atom is -0.390 e.